The number of hydrogen-bond donors (Lipinski definition) is 0. The highest BCUT2D eigenvalue weighted by molar-refractivity contribution is 4.90. The lowest BCUT2D eigenvalue weighted by Crippen LogP contribution is -1.97. The Balaban J connectivity index is 0. The van der Waals surface area contributed by atoms with Crippen LogP contribution in [0.25, 0.3) is 0 Å². The maximum Gasteiger partial charge on any atom is 0.0889 e. The predicted octanol–water partition coefficient (Wildman–Crippen LogP) is 3.40. The average molecular weight is 158 g/mol. The molecule has 0 saturated carbocycles. The van der Waals surface area contributed by atoms with E-state index < -0.39 is 0 Å². The second-order valence-corrected chi connectivity index (χ2v) is 3.03. The molecule has 0 N–H and O–H groups in total. The summed E-state index contributed by atoms with van der Waals surface area (Å²) in [5.41, 5.74) is 0.208. The van der Waals surface area contributed by atoms with Gasteiger partial charge in [-0.1, -0.05) is 19.6 Å². The third kappa shape index (κ3) is 6.11. The summed E-state index contributed by atoms with van der Waals surface area (Å²) < 4.78 is 5.10. The minimum absolute atomic E-state index is 0. The minimum atomic E-state index is 0. The van der Waals surface area contributed by atoms with Gasteiger partial charge in [-0.05, 0) is 34.6 Å². The summed E-state index contributed by atoms with van der Waals surface area (Å²) in [4.78, 5) is 0. The number of ether oxygens (including phenoxy) is 1. The van der Waals surface area contributed by atoms with Gasteiger partial charge in [-0.3, -0.25) is 0 Å². The van der Waals surface area contributed by atoms with E-state index in [1.807, 2.05) is 26.0 Å². The molecule has 68 valence electrons. The fraction of sp³-hybridized carbons (Fsp3) is 0.800. The Bertz CT molecular complexity index is 110. The van der Waals surface area contributed by atoms with Crippen LogP contribution in [0.3, 0.4) is 0 Å². The summed E-state index contributed by atoms with van der Waals surface area (Å²) in [5, 5.41) is 0. The molecule has 0 spiro atoms. The molecule has 0 radical (unpaired) electrons. The number of epoxide rings is 1. The standard InChI is InChI=1S/C5H10O.C4H8.CH4/c1-4-5(2,3)6-4;1-3-4-2;/h4H,1-3H3;3-4H,1-2H3;1H4/b;4-3-;. The molecule has 1 heteroatoms. The topological polar surface area (TPSA) is 12.5 Å². The van der Waals surface area contributed by atoms with Crippen molar-refractivity contribution >= 4 is 0 Å². The van der Waals surface area contributed by atoms with Gasteiger partial charge in [0, 0.05) is 0 Å². The first-order valence-corrected chi connectivity index (χ1v) is 3.79. The molecule has 1 aliphatic heterocycles. The average Bonchev–Trinajstić information content (AvgIpc) is 2.39. The molecule has 1 aliphatic rings. The normalized spacial score (nSPS) is 25.0. The van der Waals surface area contributed by atoms with Crippen molar-refractivity contribution in [2.24, 2.45) is 0 Å². The van der Waals surface area contributed by atoms with Crippen LogP contribution >= 0.6 is 0 Å². The third-order valence-electron chi connectivity index (χ3n) is 1.74. The largest absolute Gasteiger partial charge is 0.367 e. The lowest BCUT2D eigenvalue weighted by molar-refractivity contribution is 0.328. The van der Waals surface area contributed by atoms with E-state index in [0.29, 0.717) is 6.10 Å². The number of allylic oxidation sites excluding steroid dienone is 2. The molecule has 0 aromatic rings. The van der Waals surface area contributed by atoms with Crippen LogP contribution in [0.1, 0.15) is 42.0 Å². The van der Waals surface area contributed by atoms with Gasteiger partial charge >= 0.3 is 0 Å². The molecule has 1 rings (SSSR count). The van der Waals surface area contributed by atoms with E-state index in [4.69, 9.17) is 4.74 Å². The quantitative estimate of drug-likeness (QED) is 0.389. The second kappa shape index (κ2) is 5.36. The van der Waals surface area contributed by atoms with Gasteiger partial charge in [-0.2, -0.15) is 0 Å². The van der Waals surface area contributed by atoms with Gasteiger partial charge in [0.2, 0.25) is 0 Å². The van der Waals surface area contributed by atoms with Crippen LogP contribution in [0.4, 0.5) is 0 Å². The SMILES string of the molecule is C.C/C=C\C.CC1OC1(C)C. The molecule has 1 unspecified atom stereocenters. The van der Waals surface area contributed by atoms with Crippen molar-refractivity contribution in [3.8, 4) is 0 Å². The molecule has 0 amide bonds. The Morgan fingerprint density at radius 2 is 1.36 bits per heavy atom. The summed E-state index contributed by atoms with van der Waals surface area (Å²) in [6, 6.07) is 0. The molecular weight excluding hydrogens is 136 g/mol. The second-order valence-electron chi connectivity index (χ2n) is 3.03. The smallest absolute Gasteiger partial charge is 0.0889 e. The van der Waals surface area contributed by atoms with Gasteiger partial charge < -0.3 is 4.74 Å². The molecule has 1 heterocycles. The van der Waals surface area contributed by atoms with Gasteiger partial charge in [-0.25, -0.2) is 0 Å². The first-order chi connectivity index (χ1) is 4.54. The van der Waals surface area contributed by atoms with Crippen LogP contribution < -0.4 is 0 Å². The summed E-state index contributed by atoms with van der Waals surface area (Å²) in [6.45, 7) is 10.3. The van der Waals surface area contributed by atoms with Crippen LogP contribution in [0.5, 0.6) is 0 Å². The molecule has 0 aromatic heterocycles. The van der Waals surface area contributed by atoms with E-state index in [9.17, 15) is 0 Å². The first kappa shape index (κ1) is 13.3. The summed E-state index contributed by atoms with van der Waals surface area (Å²) >= 11 is 0. The highest BCUT2D eigenvalue weighted by Crippen LogP contribution is 2.33. The maximum atomic E-state index is 5.10. The summed E-state index contributed by atoms with van der Waals surface area (Å²) in [7, 11) is 0. The lowest BCUT2D eigenvalue weighted by atomic mass is 10.2. The van der Waals surface area contributed by atoms with Crippen molar-refractivity contribution in [2.45, 2.75) is 53.8 Å². The minimum Gasteiger partial charge on any atom is -0.367 e. The zero-order valence-electron chi connectivity index (χ0n) is 7.64. The fourth-order valence-corrected chi connectivity index (χ4v) is 0.422. The predicted molar refractivity (Wildman–Crippen MR) is 51.8 cm³/mol. The van der Waals surface area contributed by atoms with Crippen molar-refractivity contribution < 1.29 is 4.74 Å². The van der Waals surface area contributed by atoms with Crippen LogP contribution in [-0.2, 0) is 4.74 Å². The maximum absolute atomic E-state index is 5.10. The molecule has 1 fully saturated rings. The van der Waals surface area contributed by atoms with Crippen LogP contribution in [0.2, 0.25) is 0 Å². The molecule has 0 aromatic carbocycles. The van der Waals surface area contributed by atoms with E-state index in [0.717, 1.165) is 0 Å². The monoisotopic (exact) mass is 158 g/mol. The van der Waals surface area contributed by atoms with Crippen molar-refractivity contribution in [3.05, 3.63) is 12.2 Å². The van der Waals surface area contributed by atoms with Crippen molar-refractivity contribution in [2.75, 3.05) is 0 Å². The van der Waals surface area contributed by atoms with E-state index in [1.165, 1.54) is 0 Å². The molecule has 1 atom stereocenters. The molecule has 0 aliphatic carbocycles. The lowest BCUT2D eigenvalue weighted by Gasteiger charge is -1.84. The first-order valence-electron chi connectivity index (χ1n) is 3.79. The Kier molecular flexibility index (Phi) is 6.49. The Morgan fingerprint density at radius 1 is 1.18 bits per heavy atom. The van der Waals surface area contributed by atoms with Crippen molar-refractivity contribution in [1.82, 2.24) is 0 Å². The molecule has 1 saturated heterocycles. The van der Waals surface area contributed by atoms with E-state index in [1.54, 1.807) is 0 Å². The Labute approximate surface area is 71.5 Å². The van der Waals surface area contributed by atoms with Crippen molar-refractivity contribution in [3.63, 3.8) is 0 Å². The third-order valence-corrected chi connectivity index (χ3v) is 1.74. The van der Waals surface area contributed by atoms with Gasteiger partial charge in [0.05, 0.1) is 11.7 Å². The molecular formula is C10H22O. The molecule has 0 bridgehead atoms. The van der Waals surface area contributed by atoms with Crippen molar-refractivity contribution in [1.29, 1.82) is 0 Å². The van der Waals surface area contributed by atoms with Crippen LogP contribution in [0.15, 0.2) is 12.2 Å². The number of rotatable bonds is 0. The van der Waals surface area contributed by atoms with Crippen LogP contribution in [0, 0.1) is 0 Å². The fourth-order valence-electron chi connectivity index (χ4n) is 0.422. The van der Waals surface area contributed by atoms with Crippen LogP contribution in [-0.4, -0.2) is 11.7 Å². The van der Waals surface area contributed by atoms with Gasteiger partial charge in [-0.15, -0.1) is 0 Å². The Hall–Kier alpha value is -0.300. The Morgan fingerprint density at radius 3 is 1.36 bits per heavy atom. The van der Waals surface area contributed by atoms with E-state index >= 15 is 0 Å². The van der Waals surface area contributed by atoms with Gasteiger partial charge in [0.1, 0.15) is 0 Å². The highest BCUT2D eigenvalue weighted by Gasteiger charge is 2.43. The summed E-state index contributed by atoms with van der Waals surface area (Å²) in [5.74, 6) is 0. The van der Waals surface area contributed by atoms with Gasteiger partial charge in [0.25, 0.3) is 0 Å². The van der Waals surface area contributed by atoms with Gasteiger partial charge in [0.15, 0.2) is 0 Å². The number of hydrogen-bond acceptors (Lipinski definition) is 1. The molecule has 1 nitrogen and oxygen atoms in total. The molecule has 11 heavy (non-hydrogen) atoms. The van der Waals surface area contributed by atoms with E-state index in [-0.39, 0.29) is 13.0 Å². The van der Waals surface area contributed by atoms with E-state index in [2.05, 4.69) is 20.8 Å². The zero-order chi connectivity index (χ0) is 8.20. The highest BCUT2D eigenvalue weighted by atomic mass is 16.6. The summed E-state index contributed by atoms with van der Waals surface area (Å²) in [6.07, 6.45) is 4.50. The zero-order valence-corrected chi connectivity index (χ0v) is 7.64.